The van der Waals surface area contributed by atoms with Crippen LogP contribution in [0.4, 0.5) is 4.39 Å². The van der Waals surface area contributed by atoms with E-state index < -0.39 is 11.7 Å². The molecule has 26 heavy (non-hydrogen) atoms. The molecule has 0 spiro atoms. The Morgan fingerprint density at radius 3 is 2.88 bits per heavy atom. The lowest BCUT2D eigenvalue weighted by Crippen LogP contribution is -2.24. The number of nitrogens with zero attached hydrogens (tertiary/aromatic N) is 2. The number of rotatable bonds is 6. The van der Waals surface area contributed by atoms with Crippen LogP contribution in [-0.4, -0.2) is 28.6 Å². The highest BCUT2D eigenvalue weighted by Gasteiger charge is 2.14. The molecule has 0 atom stereocenters. The summed E-state index contributed by atoms with van der Waals surface area (Å²) in [5.41, 5.74) is 8.37. The van der Waals surface area contributed by atoms with Crippen molar-refractivity contribution in [3.05, 3.63) is 59.2 Å². The summed E-state index contributed by atoms with van der Waals surface area (Å²) in [7, 11) is 1.96. The van der Waals surface area contributed by atoms with Gasteiger partial charge in [-0.1, -0.05) is 6.07 Å². The van der Waals surface area contributed by atoms with Gasteiger partial charge in [-0.3, -0.25) is 4.79 Å². The molecule has 6 nitrogen and oxygen atoms in total. The number of ether oxygens (including phenoxy) is 1. The second kappa shape index (κ2) is 7.53. The SMILES string of the molecule is Cc1nc2cc(CNC(=O)c3cc(F)ccc3OCCN)ccc2n1C. The third-order valence-electron chi connectivity index (χ3n) is 4.18. The standard InChI is InChI=1S/C19H21FN4O2/c1-12-23-16-9-13(3-5-17(16)24(12)2)11-22-19(25)15-10-14(20)4-6-18(15)26-8-7-21/h3-6,9-10H,7-8,11,21H2,1-2H3,(H,22,25). The Morgan fingerprint density at radius 2 is 2.12 bits per heavy atom. The largest absolute Gasteiger partial charge is 0.491 e. The molecule has 0 unspecified atom stereocenters. The summed E-state index contributed by atoms with van der Waals surface area (Å²) in [5, 5.41) is 2.79. The number of imidazole rings is 1. The summed E-state index contributed by atoms with van der Waals surface area (Å²) >= 11 is 0. The Balaban J connectivity index is 1.75. The van der Waals surface area contributed by atoms with Crippen molar-refractivity contribution in [3.63, 3.8) is 0 Å². The van der Waals surface area contributed by atoms with Crippen molar-refractivity contribution in [1.29, 1.82) is 0 Å². The molecule has 0 bridgehead atoms. The number of hydrogen-bond acceptors (Lipinski definition) is 4. The van der Waals surface area contributed by atoms with E-state index in [1.165, 1.54) is 12.1 Å². The number of nitrogens with two attached hydrogens (primary N) is 1. The highest BCUT2D eigenvalue weighted by molar-refractivity contribution is 5.97. The number of benzene rings is 2. The quantitative estimate of drug-likeness (QED) is 0.710. The van der Waals surface area contributed by atoms with Crippen LogP contribution in [0.3, 0.4) is 0 Å². The molecule has 0 aliphatic carbocycles. The average Bonchev–Trinajstić information content (AvgIpc) is 2.92. The van der Waals surface area contributed by atoms with Gasteiger partial charge in [0.25, 0.3) is 5.91 Å². The first-order valence-electron chi connectivity index (χ1n) is 8.32. The number of carbonyl (C=O) groups excluding carboxylic acids is 1. The van der Waals surface area contributed by atoms with Crippen LogP contribution in [0.15, 0.2) is 36.4 Å². The van der Waals surface area contributed by atoms with E-state index in [0.29, 0.717) is 18.8 Å². The highest BCUT2D eigenvalue weighted by atomic mass is 19.1. The fourth-order valence-electron chi connectivity index (χ4n) is 2.73. The highest BCUT2D eigenvalue weighted by Crippen LogP contribution is 2.20. The van der Waals surface area contributed by atoms with Crippen LogP contribution in [0.1, 0.15) is 21.7 Å². The van der Waals surface area contributed by atoms with E-state index in [-0.39, 0.29) is 12.2 Å². The number of aromatic nitrogens is 2. The van der Waals surface area contributed by atoms with Gasteiger partial charge in [-0.2, -0.15) is 0 Å². The van der Waals surface area contributed by atoms with Gasteiger partial charge in [-0.15, -0.1) is 0 Å². The predicted octanol–water partition coefficient (Wildman–Crippen LogP) is 2.29. The topological polar surface area (TPSA) is 82.2 Å². The van der Waals surface area contributed by atoms with Crippen LogP contribution in [0.5, 0.6) is 5.75 Å². The molecule has 3 rings (SSSR count). The molecule has 3 aromatic rings. The molecule has 7 heteroatoms. The molecule has 0 saturated heterocycles. The third-order valence-corrected chi connectivity index (χ3v) is 4.18. The van der Waals surface area contributed by atoms with Crippen molar-refractivity contribution in [2.24, 2.45) is 12.8 Å². The number of hydrogen-bond donors (Lipinski definition) is 2. The number of aryl methyl sites for hydroxylation is 2. The Morgan fingerprint density at radius 1 is 1.31 bits per heavy atom. The zero-order chi connectivity index (χ0) is 18.7. The maximum absolute atomic E-state index is 13.5. The average molecular weight is 356 g/mol. The van der Waals surface area contributed by atoms with Gasteiger partial charge in [0.05, 0.1) is 16.6 Å². The van der Waals surface area contributed by atoms with Gasteiger partial charge in [0.2, 0.25) is 0 Å². The lowest BCUT2D eigenvalue weighted by molar-refractivity contribution is 0.0946. The van der Waals surface area contributed by atoms with Gasteiger partial charge in [0.15, 0.2) is 0 Å². The van der Waals surface area contributed by atoms with Crippen LogP contribution >= 0.6 is 0 Å². The van der Waals surface area contributed by atoms with E-state index >= 15 is 0 Å². The van der Waals surface area contributed by atoms with Crippen LogP contribution in [0, 0.1) is 12.7 Å². The Hall–Kier alpha value is -2.93. The lowest BCUT2D eigenvalue weighted by Gasteiger charge is -2.11. The summed E-state index contributed by atoms with van der Waals surface area (Å²) < 4.78 is 21.0. The van der Waals surface area contributed by atoms with Crippen molar-refractivity contribution < 1.29 is 13.9 Å². The van der Waals surface area contributed by atoms with E-state index in [1.54, 1.807) is 0 Å². The first kappa shape index (κ1) is 17.9. The fraction of sp³-hybridized carbons (Fsp3) is 0.263. The molecule has 2 aromatic carbocycles. The van der Waals surface area contributed by atoms with Gasteiger partial charge in [-0.05, 0) is 42.8 Å². The van der Waals surface area contributed by atoms with Gasteiger partial charge in [0.1, 0.15) is 24.0 Å². The molecule has 0 aliphatic heterocycles. The molecule has 3 N–H and O–H groups in total. The molecular formula is C19H21FN4O2. The zero-order valence-electron chi connectivity index (χ0n) is 14.8. The Kier molecular flexibility index (Phi) is 5.18. The minimum absolute atomic E-state index is 0.146. The minimum Gasteiger partial charge on any atom is -0.491 e. The molecule has 0 radical (unpaired) electrons. The summed E-state index contributed by atoms with van der Waals surface area (Å²) in [5.74, 6) is 0.322. The van der Waals surface area contributed by atoms with Crippen LogP contribution < -0.4 is 15.8 Å². The zero-order valence-corrected chi connectivity index (χ0v) is 14.8. The van der Waals surface area contributed by atoms with Gasteiger partial charge in [0, 0.05) is 20.1 Å². The maximum Gasteiger partial charge on any atom is 0.255 e. The third kappa shape index (κ3) is 3.67. The van der Waals surface area contributed by atoms with Crippen molar-refractivity contribution in [1.82, 2.24) is 14.9 Å². The van der Waals surface area contributed by atoms with Gasteiger partial charge in [-0.25, -0.2) is 9.37 Å². The Bertz CT molecular complexity index is 952. The first-order valence-corrected chi connectivity index (χ1v) is 8.32. The van der Waals surface area contributed by atoms with Crippen LogP contribution in [0.25, 0.3) is 11.0 Å². The van der Waals surface area contributed by atoms with E-state index in [0.717, 1.165) is 28.5 Å². The molecule has 0 aliphatic rings. The monoisotopic (exact) mass is 356 g/mol. The number of carbonyl (C=O) groups is 1. The second-order valence-corrected chi connectivity index (χ2v) is 6.00. The molecule has 1 aromatic heterocycles. The van der Waals surface area contributed by atoms with E-state index in [2.05, 4.69) is 10.3 Å². The molecule has 0 fully saturated rings. The first-order chi connectivity index (χ1) is 12.5. The summed E-state index contributed by atoms with van der Waals surface area (Å²) in [6, 6.07) is 9.67. The van der Waals surface area contributed by atoms with Crippen molar-refractivity contribution in [2.45, 2.75) is 13.5 Å². The second-order valence-electron chi connectivity index (χ2n) is 6.00. The summed E-state index contributed by atoms with van der Waals surface area (Å²) in [4.78, 5) is 17.0. The molecule has 1 heterocycles. The van der Waals surface area contributed by atoms with Crippen molar-refractivity contribution in [3.8, 4) is 5.75 Å². The van der Waals surface area contributed by atoms with Crippen LogP contribution in [0.2, 0.25) is 0 Å². The lowest BCUT2D eigenvalue weighted by atomic mass is 10.1. The van der Waals surface area contributed by atoms with E-state index in [9.17, 15) is 9.18 Å². The summed E-state index contributed by atoms with van der Waals surface area (Å²) in [6.45, 7) is 2.80. The van der Waals surface area contributed by atoms with Crippen molar-refractivity contribution in [2.75, 3.05) is 13.2 Å². The number of halogens is 1. The van der Waals surface area contributed by atoms with Gasteiger partial charge < -0.3 is 20.4 Å². The Labute approximate surface area is 150 Å². The smallest absolute Gasteiger partial charge is 0.255 e. The van der Waals surface area contributed by atoms with Crippen molar-refractivity contribution >= 4 is 16.9 Å². The number of nitrogens with one attached hydrogen (secondary N) is 1. The summed E-state index contributed by atoms with van der Waals surface area (Å²) in [6.07, 6.45) is 0. The predicted molar refractivity (Wildman–Crippen MR) is 97.6 cm³/mol. The minimum atomic E-state index is -0.499. The number of fused-ring (bicyclic) bond motifs is 1. The normalized spacial score (nSPS) is 10.9. The van der Waals surface area contributed by atoms with Gasteiger partial charge >= 0.3 is 0 Å². The molecular weight excluding hydrogens is 335 g/mol. The van der Waals surface area contributed by atoms with E-state index in [4.69, 9.17) is 10.5 Å². The molecule has 0 saturated carbocycles. The molecule has 1 amide bonds. The molecule has 136 valence electrons. The number of amides is 1. The van der Waals surface area contributed by atoms with E-state index in [1.807, 2.05) is 36.7 Å². The maximum atomic E-state index is 13.5. The van der Waals surface area contributed by atoms with Crippen LogP contribution in [-0.2, 0) is 13.6 Å². The fourth-order valence-corrected chi connectivity index (χ4v) is 2.73.